The maximum absolute atomic E-state index is 12.1. The van der Waals surface area contributed by atoms with Crippen LogP contribution in [-0.2, 0) is 18.4 Å². The van der Waals surface area contributed by atoms with E-state index in [0.717, 1.165) is 12.1 Å². The Morgan fingerprint density at radius 3 is 2.69 bits per heavy atom. The van der Waals surface area contributed by atoms with Crippen molar-refractivity contribution in [1.82, 2.24) is 14.3 Å². The summed E-state index contributed by atoms with van der Waals surface area (Å²) in [5.74, 6) is 0.350. The molecule has 0 unspecified atom stereocenters. The minimum absolute atomic E-state index is 0.195. The Hall–Kier alpha value is -3.34. The van der Waals surface area contributed by atoms with Crippen LogP contribution in [-0.4, -0.2) is 20.3 Å². The number of nitrogens with one attached hydrogen (secondary N) is 1. The highest BCUT2D eigenvalue weighted by Gasteiger charge is 2.09. The molecule has 0 aliphatic rings. The number of rotatable bonds is 4. The van der Waals surface area contributed by atoms with Gasteiger partial charge in [0.25, 0.3) is 0 Å². The van der Waals surface area contributed by atoms with Crippen molar-refractivity contribution in [2.45, 2.75) is 13.5 Å². The Kier molecular flexibility index (Phi) is 4.05. The van der Waals surface area contributed by atoms with Gasteiger partial charge in [-0.25, -0.2) is 0 Å². The second-order valence-corrected chi connectivity index (χ2v) is 6.24. The van der Waals surface area contributed by atoms with Gasteiger partial charge in [0.05, 0.1) is 0 Å². The molecule has 0 bridgehead atoms. The standard InChI is InChI=1S/C21H20N4O/c1-3-25-18-7-5-4-6-16(18)17-14-15(8-10-19(17)25)9-11-21(26)22-20-12-13-24(2)23-20/h4-14H,3H2,1-2H3,(H,22,23,26)/b11-9+. The van der Waals surface area contributed by atoms with Crippen LogP contribution in [0.25, 0.3) is 27.9 Å². The molecule has 0 radical (unpaired) electrons. The average molecular weight is 344 g/mol. The topological polar surface area (TPSA) is 51.9 Å². The second kappa shape index (κ2) is 6.52. The minimum atomic E-state index is -0.195. The molecule has 5 heteroatoms. The lowest BCUT2D eigenvalue weighted by Gasteiger charge is -2.02. The van der Waals surface area contributed by atoms with E-state index in [4.69, 9.17) is 0 Å². The quantitative estimate of drug-likeness (QED) is 0.564. The summed E-state index contributed by atoms with van der Waals surface area (Å²) < 4.78 is 3.96. The number of carbonyl (C=O) groups excluding carboxylic acids is 1. The van der Waals surface area contributed by atoms with Crippen LogP contribution in [0.2, 0.25) is 0 Å². The predicted octanol–water partition coefficient (Wildman–Crippen LogP) is 4.20. The summed E-state index contributed by atoms with van der Waals surface area (Å²) in [4.78, 5) is 12.1. The van der Waals surface area contributed by atoms with E-state index in [1.807, 2.05) is 19.2 Å². The van der Waals surface area contributed by atoms with Crippen LogP contribution in [0, 0.1) is 0 Å². The molecule has 130 valence electrons. The first-order valence-corrected chi connectivity index (χ1v) is 8.65. The number of para-hydroxylation sites is 1. The van der Waals surface area contributed by atoms with Gasteiger partial charge >= 0.3 is 0 Å². The average Bonchev–Trinajstić information content (AvgIpc) is 3.20. The second-order valence-electron chi connectivity index (χ2n) is 6.24. The number of nitrogens with zero attached hydrogens (tertiary/aromatic N) is 3. The van der Waals surface area contributed by atoms with E-state index in [1.165, 1.54) is 27.9 Å². The van der Waals surface area contributed by atoms with Crippen LogP contribution in [0.1, 0.15) is 12.5 Å². The number of fused-ring (bicyclic) bond motifs is 3. The molecule has 0 aliphatic carbocycles. The fourth-order valence-electron chi connectivity index (χ4n) is 3.34. The Bertz CT molecular complexity index is 1130. The number of hydrogen-bond acceptors (Lipinski definition) is 2. The monoisotopic (exact) mass is 344 g/mol. The lowest BCUT2D eigenvalue weighted by Crippen LogP contribution is -2.08. The number of aryl methyl sites for hydroxylation is 2. The molecule has 1 amide bonds. The van der Waals surface area contributed by atoms with Gasteiger partial charge in [-0.1, -0.05) is 24.3 Å². The molecule has 0 spiro atoms. The van der Waals surface area contributed by atoms with E-state index in [2.05, 4.69) is 58.3 Å². The smallest absolute Gasteiger partial charge is 0.249 e. The first-order valence-electron chi connectivity index (χ1n) is 8.65. The van der Waals surface area contributed by atoms with Crippen LogP contribution in [0.15, 0.2) is 60.8 Å². The number of anilines is 1. The minimum Gasteiger partial charge on any atom is -0.341 e. The molecule has 0 fully saturated rings. The van der Waals surface area contributed by atoms with Crippen molar-refractivity contribution in [2.24, 2.45) is 7.05 Å². The van der Waals surface area contributed by atoms with Gasteiger partial charge < -0.3 is 9.88 Å². The van der Waals surface area contributed by atoms with Gasteiger partial charge in [-0.3, -0.25) is 9.48 Å². The molecule has 26 heavy (non-hydrogen) atoms. The Morgan fingerprint density at radius 2 is 1.92 bits per heavy atom. The zero-order valence-corrected chi connectivity index (χ0v) is 14.8. The van der Waals surface area contributed by atoms with E-state index in [9.17, 15) is 4.79 Å². The molecule has 0 atom stereocenters. The predicted molar refractivity (Wildman–Crippen MR) is 106 cm³/mol. The normalized spacial score (nSPS) is 11.6. The highest BCUT2D eigenvalue weighted by Crippen LogP contribution is 2.29. The van der Waals surface area contributed by atoms with Gasteiger partial charge in [-0.05, 0) is 36.8 Å². The van der Waals surface area contributed by atoms with Crippen molar-refractivity contribution in [3.63, 3.8) is 0 Å². The van der Waals surface area contributed by atoms with Gasteiger partial charge in [-0.2, -0.15) is 5.10 Å². The van der Waals surface area contributed by atoms with Crippen LogP contribution < -0.4 is 5.32 Å². The number of amides is 1. The Labute approximate surface area is 151 Å². The molecule has 2 heterocycles. The lowest BCUT2D eigenvalue weighted by atomic mass is 10.1. The summed E-state index contributed by atoms with van der Waals surface area (Å²) in [6.45, 7) is 3.08. The van der Waals surface area contributed by atoms with Crippen molar-refractivity contribution in [3.05, 3.63) is 66.4 Å². The fraction of sp³-hybridized carbons (Fsp3) is 0.143. The van der Waals surface area contributed by atoms with Crippen molar-refractivity contribution in [1.29, 1.82) is 0 Å². The van der Waals surface area contributed by atoms with Crippen molar-refractivity contribution < 1.29 is 4.79 Å². The molecule has 4 rings (SSSR count). The van der Waals surface area contributed by atoms with Crippen molar-refractivity contribution >= 4 is 39.6 Å². The third kappa shape index (κ3) is 2.88. The third-order valence-corrected chi connectivity index (χ3v) is 4.50. The highest BCUT2D eigenvalue weighted by atomic mass is 16.1. The summed E-state index contributed by atoms with van der Waals surface area (Å²) in [7, 11) is 1.81. The maximum atomic E-state index is 12.1. The number of carbonyl (C=O) groups is 1. The molecule has 0 saturated carbocycles. The summed E-state index contributed by atoms with van der Waals surface area (Å²) in [6.07, 6.45) is 5.15. The van der Waals surface area contributed by atoms with E-state index >= 15 is 0 Å². The SMILES string of the molecule is CCn1c2ccccc2c2cc(/C=C/C(=O)Nc3ccn(C)n3)ccc21. The van der Waals surface area contributed by atoms with Crippen molar-refractivity contribution in [3.8, 4) is 0 Å². The van der Waals surface area contributed by atoms with Crippen molar-refractivity contribution in [2.75, 3.05) is 5.32 Å². The highest BCUT2D eigenvalue weighted by molar-refractivity contribution is 6.09. The third-order valence-electron chi connectivity index (χ3n) is 4.50. The van der Waals surface area contributed by atoms with Gasteiger partial charge in [-0.15, -0.1) is 0 Å². The summed E-state index contributed by atoms with van der Waals surface area (Å²) >= 11 is 0. The number of aromatic nitrogens is 3. The fourth-order valence-corrected chi connectivity index (χ4v) is 3.34. The van der Waals surface area contributed by atoms with Crippen LogP contribution in [0.4, 0.5) is 5.82 Å². The number of benzene rings is 2. The lowest BCUT2D eigenvalue weighted by molar-refractivity contribution is -0.111. The first kappa shape index (κ1) is 16.1. The largest absolute Gasteiger partial charge is 0.341 e. The molecule has 0 saturated heterocycles. The molecular weight excluding hydrogens is 324 g/mol. The molecular formula is C21H20N4O. The maximum Gasteiger partial charge on any atom is 0.249 e. The van der Waals surface area contributed by atoms with Crippen LogP contribution in [0.5, 0.6) is 0 Å². The molecule has 2 aromatic heterocycles. The zero-order valence-electron chi connectivity index (χ0n) is 14.8. The van der Waals surface area contributed by atoms with E-state index in [-0.39, 0.29) is 5.91 Å². The van der Waals surface area contributed by atoms with E-state index in [1.54, 1.807) is 16.9 Å². The zero-order chi connectivity index (χ0) is 18.1. The molecule has 4 aromatic rings. The number of hydrogen-bond donors (Lipinski definition) is 1. The van der Waals surface area contributed by atoms with Gasteiger partial charge in [0.15, 0.2) is 5.82 Å². The van der Waals surface area contributed by atoms with Crippen LogP contribution in [0.3, 0.4) is 0 Å². The Balaban J connectivity index is 1.65. The van der Waals surface area contributed by atoms with Gasteiger partial charge in [0.1, 0.15) is 0 Å². The molecule has 5 nitrogen and oxygen atoms in total. The molecule has 0 aliphatic heterocycles. The summed E-state index contributed by atoms with van der Waals surface area (Å²) in [6, 6.07) is 16.5. The Morgan fingerprint density at radius 1 is 1.12 bits per heavy atom. The molecule has 1 N–H and O–H groups in total. The first-order chi connectivity index (χ1) is 12.7. The van der Waals surface area contributed by atoms with Crippen LogP contribution >= 0.6 is 0 Å². The summed E-state index contributed by atoms with van der Waals surface area (Å²) in [5, 5.41) is 9.33. The van der Waals surface area contributed by atoms with Gasteiger partial charge in [0.2, 0.25) is 5.91 Å². The van der Waals surface area contributed by atoms with E-state index in [0.29, 0.717) is 5.82 Å². The summed E-state index contributed by atoms with van der Waals surface area (Å²) in [5.41, 5.74) is 3.44. The van der Waals surface area contributed by atoms with Gasteiger partial charge in [0, 0.05) is 53.7 Å². The molecule has 2 aromatic carbocycles. The van der Waals surface area contributed by atoms with E-state index < -0.39 is 0 Å².